The van der Waals surface area contributed by atoms with Crippen molar-refractivity contribution >= 4 is 51.8 Å². The second-order valence-electron chi connectivity index (χ2n) is 4.78. The fraction of sp³-hybridized carbons (Fsp3) is 0.333. The maximum absolute atomic E-state index is 11.7. The number of hydrogen-bond acceptors (Lipinski definition) is 4. The highest BCUT2D eigenvalue weighted by atomic mass is 35.5. The molecule has 0 aliphatic heterocycles. The minimum Gasteiger partial charge on any atom is -0.380 e. The average molecular weight is 358 g/mol. The van der Waals surface area contributed by atoms with Crippen molar-refractivity contribution in [3.05, 3.63) is 38.8 Å². The summed E-state index contributed by atoms with van der Waals surface area (Å²) in [5.74, 6) is -0.0104. The largest absolute Gasteiger partial charge is 0.380 e. The number of halogens is 2. The van der Waals surface area contributed by atoms with Crippen LogP contribution in [0.4, 0.5) is 11.4 Å². The molecule has 0 radical (unpaired) electrons. The number of carbonyl (C=O) groups excluding carboxylic acids is 1. The molecule has 2 rings (SSSR count). The quantitative estimate of drug-likeness (QED) is 0.716. The third-order valence-corrected chi connectivity index (χ3v) is 4.42. The summed E-state index contributed by atoms with van der Waals surface area (Å²) in [6.07, 6.45) is 4.12. The molecule has 2 N–H and O–H groups in total. The lowest BCUT2D eigenvalue weighted by atomic mass is 10.2. The molecular formula is C15H17Cl2N3OS. The van der Waals surface area contributed by atoms with E-state index in [1.165, 1.54) is 11.3 Å². The first-order valence-corrected chi connectivity index (χ1v) is 8.59. The zero-order chi connectivity index (χ0) is 15.9. The van der Waals surface area contributed by atoms with Crippen molar-refractivity contribution in [3.8, 4) is 0 Å². The van der Waals surface area contributed by atoms with E-state index in [1.54, 1.807) is 18.3 Å². The van der Waals surface area contributed by atoms with Crippen LogP contribution in [0.2, 0.25) is 9.49 Å². The van der Waals surface area contributed by atoms with Crippen molar-refractivity contribution in [2.75, 3.05) is 10.6 Å². The van der Waals surface area contributed by atoms with Crippen LogP contribution in [0.3, 0.4) is 0 Å². The monoisotopic (exact) mass is 357 g/mol. The number of thiazole rings is 1. The van der Waals surface area contributed by atoms with E-state index in [1.807, 2.05) is 6.07 Å². The standard InChI is InChI=1S/C15H17Cl2N3OS/c1-2-3-4-14(21)20-13-6-5-10(7-12(13)16)18-8-11-9-19-15(17)22-11/h5-7,9,18H,2-4,8H2,1H3,(H,20,21). The summed E-state index contributed by atoms with van der Waals surface area (Å²) in [6, 6.07) is 5.47. The zero-order valence-electron chi connectivity index (χ0n) is 12.2. The van der Waals surface area contributed by atoms with E-state index < -0.39 is 0 Å². The van der Waals surface area contributed by atoms with E-state index in [0.717, 1.165) is 23.4 Å². The molecule has 0 saturated heterocycles. The molecule has 0 aliphatic rings. The van der Waals surface area contributed by atoms with Crippen LogP contribution in [0, 0.1) is 0 Å². The lowest BCUT2D eigenvalue weighted by Gasteiger charge is -2.10. The highest BCUT2D eigenvalue weighted by Crippen LogP contribution is 2.26. The van der Waals surface area contributed by atoms with E-state index in [0.29, 0.717) is 28.1 Å². The van der Waals surface area contributed by atoms with Crippen LogP contribution in [-0.4, -0.2) is 10.9 Å². The number of benzene rings is 1. The molecule has 1 aromatic heterocycles. The lowest BCUT2D eigenvalue weighted by molar-refractivity contribution is -0.116. The summed E-state index contributed by atoms with van der Waals surface area (Å²) in [6.45, 7) is 2.68. The van der Waals surface area contributed by atoms with Crippen molar-refractivity contribution in [2.45, 2.75) is 32.7 Å². The van der Waals surface area contributed by atoms with Crippen molar-refractivity contribution in [1.29, 1.82) is 0 Å². The maximum atomic E-state index is 11.7. The Balaban J connectivity index is 1.92. The molecule has 1 amide bonds. The molecule has 4 nitrogen and oxygen atoms in total. The number of unbranched alkanes of at least 4 members (excludes halogenated alkanes) is 1. The molecule has 0 unspecified atom stereocenters. The Hall–Kier alpha value is -1.30. The van der Waals surface area contributed by atoms with Gasteiger partial charge in [-0.25, -0.2) is 4.98 Å². The van der Waals surface area contributed by atoms with Gasteiger partial charge in [-0.15, -0.1) is 11.3 Å². The number of nitrogens with zero attached hydrogens (tertiary/aromatic N) is 1. The Kier molecular flexibility index (Phi) is 6.49. The smallest absolute Gasteiger partial charge is 0.224 e. The van der Waals surface area contributed by atoms with Gasteiger partial charge in [0, 0.05) is 23.2 Å². The van der Waals surface area contributed by atoms with Crippen LogP contribution < -0.4 is 10.6 Å². The molecular weight excluding hydrogens is 341 g/mol. The van der Waals surface area contributed by atoms with Crippen LogP contribution in [0.5, 0.6) is 0 Å². The maximum Gasteiger partial charge on any atom is 0.224 e. The second kappa shape index (κ2) is 8.36. The van der Waals surface area contributed by atoms with E-state index in [2.05, 4.69) is 22.5 Å². The minimum atomic E-state index is -0.0104. The van der Waals surface area contributed by atoms with Crippen molar-refractivity contribution in [2.24, 2.45) is 0 Å². The highest BCUT2D eigenvalue weighted by Gasteiger charge is 2.07. The molecule has 1 heterocycles. The van der Waals surface area contributed by atoms with E-state index >= 15 is 0 Å². The van der Waals surface area contributed by atoms with E-state index in [9.17, 15) is 4.79 Å². The van der Waals surface area contributed by atoms with Gasteiger partial charge in [0.15, 0.2) is 4.47 Å². The first-order valence-electron chi connectivity index (χ1n) is 7.02. The molecule has 0 fully saturated rings. The molecule has 22 heavy (non-hydrogen) atoms. The van der Waals surface area contributed by atoms with E-state index in [4.69, 9.17) is 23.2 Å². The van der Waals surface area contributed by atoms with Gasteiger partial charge >= 0.3 is 0 Å². The van der Waals surface area contributed by atoms with Gasteiger partial charge in [0.2, 0.25) is 5.91 Å². The average Bonchev–Trinajstić information content (AvgIpc) is 2.91. The number of anilines is 2. The molecule has 0 aliphatic carbocycles. The van der Waals surface area contributed by atoms with Gasteiger partial charge in [0.05, 0.1) is 17.3 Å². The van der Waals surface area contributed by atoms with Crippen molar-refractivity contribution < 1.29 is 4.79 Å². The number of rotatable bonds is 7. The Bertz CT molecular complexity index is 645. The minimum absolute atomic E-state index is 0.0104. The molecule has 1 aromatic carbocycles. The molecule has 0 atom stereocenters. The number of hydrogen-bond donors (Lipinski definition) is 2. The fourth-order valence-corrected chi connectivity index (χ4v) is 2.98. The summed E-state index contributed by atoms with van der Waals surface area (Å²) in [7, 11) is 0. The van der Waals surface area contributed by atoms with Gasteiger partial charge < -0.3 is 10.6 Å². The summed E-state index contributed by atoms with van der Waals surface area (Å²) in [5, 5.41) is 6.58. The van der Waals surface area contributed by atoms with Gasteiger partial charge in [-0.2, -0.15) is 0 Å². The van der Waals surface area contributed by atoms with Gasteiger partial charge in [-0.05, 0) is 24.6 Å². The molecule has 0 saturated carbocycles. The predicted octanol–water partition coefficient (Wildman–Crippen LogP) is 5.19. The predicted molar refractivity (Wildman–Crippen MR) is 94.1 cm³/mol. The molecule has 0 bridgehead atoms. The van der Waals surface area contributed by atoms with Gasteiger partial charge in [-0.1, -0.05) is 36.5 Å². The molecule has 7 heteroatoms. The summed E-state index contributed by atoms with van der Waals surface area (Å²) in [5.41, 5.74) is 1.51. The molecule has 0 spiro atoms. The van der Waals surface area contributed by atoms with Crippen LogP contribution >= 0.6 is 34.5 Å². The number of aromatic nitrogens is 1. The van der Waals surface area contributed by atoms with Gasteiger partial charge in [-0.3, -0.25) is 4.79 Å². The molecule has 118 valence electrons. The number of amides is 1. The highest BCUT2D eigenvalue weighted by molar-refractivity contribution is 7.15. The number of carbonyl (C=O) groups is 1. The third kappa shape index (κ3) is 5.16. The lowest BCUT2D eigenvalue weighted by Crippen LogP contribution is -2.11. The zero-order valence-corrected chi connectivity index (χ0v) is 14.5. The third-order valence-electron chi connectivity index (χ3n) is 2.99. The normalized spacial score (nSPS) is 10.5. The van der Waals surface area contributed by atoms with Crippen LogP contribution in [0.15, 0.2) is 24.4 Å². The summed E-state index contributed by atoms with van der Waals surface area (Å²) in [4.78, 5) is 16.7. The summed E-state index contributed by atoms with van der Waals surface area (Å²) < 4.78 is 0.528. The second-order valence-corrected chi connectivity index (χ2v) is 6.88. The molecule has 2 aromatic rings. The van der Waals surface area contributed by atoms with Crippen molar-refractivity contribution in [3.63, 3.8) is 0 Å². The first kappa shape index (κ1) is 17.1. The summed E-state index contributed by atoms with van der Waals surface area (Å²) >= 11 is 13.4. The Labute approximate surface area is 143 Å². The van der Waals surface area contributed by atoms with Gasteiger partial charge in [0.1, 0.15) is 0 Å². The Morgan fingerprint density at radius 3 is 2.82 bits per heavy atom. The van der Waals surface area contributed by atoms with Gasteiger partial charge in [0.25, 0.3) is 0 Å². The van der Waals surface area contributed by atoms with Crippen LogP contribution in [-0.2, 0) is 11.3 Å². The van der Waals surface area contributed by atoms with Crippen molar-refractivity contribution in [1.82, 2.24) is 4.98 Å². The van der Waals surface area contributed by atoms with E-state index in [-0.39, 0.29) is 5.91 Å². The van der Waals surface area contributed by atoms with Crippen LogP contribution in [0.1, 0.15) is 31.1 Å². The van der Waals surface area contributed by atoms with Crippen LogP contribution in [0.25, 0.3) is 0 Å². The topological polar surface area (TPSA) is 54.0 Å². The fourth-order valence-electron chi connectivity index (χ4n) is 1.83. The number of nitrogens with one attached hydrogen (secondary N) is 2. The Morgan fingerprint density at radius 2 is 2.18 bits per heavy atom. The SMILES string of the molecule is CCCCC(=O)Nc1ccc(NCc2cnc(Cl)s2)cc1Cl. The Morgan fingerprint density at radius 1 is 1.36 bits per heavy atom. The first-order chi connectivity index (χ1) is 10.6.